The van der Waals surface area contributed by atoms with Gasteiger partial charge in [0, 0.05) is 11.9 Å². The average Bonchev–Trinajstić information content (AvgIpc) is 2.78. The molecule has 5 nitrogen and oxygen atoms in total. The van der Waals surface area contributed by atoms with Crippen molar-refractivity contribution in [1.29, 1.82) is 0 Å². The SMILES string of the molecule is Cc1ccc2oc(C(=O)NCC(C)(C)C(N)=O)cc2c1. The van der Waals surface area contributed by atoms with E-state index >= 15 is 0 Å². The third-order valence-electron chi connectivity index (χ3n) is 3.25. The lowest BCUT2D eigenvalue weighted by Gasteiger charge is -2.20. The number of nitrogens with two attached hydrogens (primary N) is 1. The highest BCUT2D eigenvalue weighted by atomic mass is 16.3. The van der Waals surface area contributed by atoms with Gasteiger partial charge in [0.25, 0.3) is 5.91 Å². The summed E-state index contributed by atoms with van der Waals surface area (Å²) in [5.74, 6) is -0.586. The minimum absolute atomic E-state index is 0.164. The van der Waals surface area contributed by atoms with Gasteiger partial charge >= 0.3 is 0 Å². The second-order valence-corrected chi connectivity index (χ2v) is 5.58. The van der Waals surface area contributed by atoms with Crippen LogP contribution in [0, 0.1) is 12.3 Å². The van der Waals surface area contributed by atoms with Crippen LogP contribution in [-0.2, 0) is 4.79 Å². The molecule has 3 N–H and O–H groups in total. The number of furan rings is 1. The molecular formula is C15H18N2O3. The number of carbonyl (C=O) groups excluding carboxylic acids is 2. The number of nitrogens with one attached hydrogen (secondary N) is 1. The number of hydrogen-bond acceptors (Lipinski definition) is 3. The number of fused-ring (bicyclic) bond motifs is 1. The molecule has 0 aliphatic rings. The maximum atomic E-state index is 12.0. The molecule has 0 atom stereocenters. The van der Waals surface area contributed by atoms with Crippen LogP contribution in [0.4, 0.5) is 0 Å². The van der Waals surface area contributed by atoms with Gasteiger partial charge in [-0.3, -0.25) is 9.59 Å². The minimum Gasteiger partial charge on any atom is -0.451 e. The van der Waals surface area contributed by atoms with Gasteiger partial charge in [-0.25, -0.2) is 0 Å². The Morgan fingerprint density at radius 3 is 2.65 bits per heavy atom. The molecule has 1 heterocycles. The lowest BCUT2D eigenvalue weighted by Crippen LogP contribution is -2.42. The quantitative estimate of drug-likeness (QED) is 0.894. The molecule has 0 unspecified atom stereocenters. The molecule has 2 rings (SSSR count). The fourth-order valence-corrected chi connectivity index (χ4v) is 1.75. The number of primary amides is 1. The van der Waals surface area contributed by atoms with Gasteiger partial charge in [-0.1, -0.05) is 11.6 Å². The van der Waals surface area contributed by atoms with Gasteiger partial charge in [0.05, 0.1) is 5.41 Å². The molecule has 0 radical (unpaired) electrons. The van der Waals surface area contributed by atoms with Crippen LogP contribution in [0.5, 0.6) is 0 Å². The van der Waals surface area contributed by atoms with E-state index in [1.807, 2.05) is 25.1 Å². The van der Waals surface area contributed by atoms with Crippen molar-refractivity contribution in [2.45, 2.75) is 20.8 Å². The Bertz CT molecular complexity index is 671. The first-order valence-corrected chi connectivity index (χ1v) is 6.38. The number of benzene rings is 1. The highest BCUT2D eigenvalue weighted by Crippen LogP contribution is 2.21. The van der Waals surface area contributed by atoms with E-state index in [0.29, 0.717) is 5.58 Å². The first-order valence-electron chi connectivity index (χ1n) is 6.38. The van der Waals surface area contributed by atoms with E-state index in [0.717, 1.165) is 10.9 Å². The van der Waals surface area contributed by atoms with Crippen molar-refractivity contribution in [2.24, 2.45) is 11.1 Å². The smallest absolute Gasteiger partial charge is 0.287 e. The summed E-state index contributed by atoms with van der Waals surface area (Å²) in [6.45, 7) is 5.49. The molecule has 1 aromatic carbocycles. The normalized spacial score (nSPS) is 11.6. The Morgan fingerprint density at radius 2 is 2.00 bits per heavy atom. The van der Waals surface area contributed by atoms with Gasteiger partial charge in [-0.2, -0.15) is 0 Å². The van der Waals surface area contributed by atoms with E-state index in [-0.39, 0.29) is 18.2 Å². The predicted octanol–water partition coefficient (Wildman–Crippen LogP) is 1.98. The van der Waals surface area contributed by atoms with Crippen molar-refractivity contribution in [3.05, 3.63) is 35.6 Å². The van der Waals surface area contributed by atoms with Gasteiger partial charge in [0.2, 0.25) is 5.91 Å². The summed E-state index contributed by atoms with van der Waals surface area (Å²) in [5, 5.41) is 3.54. The van der Waals surface area contributed by atoms with Gasteiger partial charge in [0.15, 0.2) is 5.76 Å². The zero-order chi connectivity index (χ0) is 14.9. The lowest BCUT2D eigenvalue weighted by molar-refractivity contribution is -0.125. The Morgan fingerprint density at radius 1 is 1.30 bits per heavy atom. The summed E-state index contributed by atoms with van der Waals surface area (Å²) in [7, 11) is 0. The van der Waals surface area contributed by atoms with Crippen LogP contribution in [0.25, 0.3) is 11.0 Å². The third-order valence-corrected chi connectivity index (χ3v) is 3.25. The van der Waals surface area contributed by atoms with Gasteiger partial charge < -0.3 is 15.5 Å². The monoisotopic (exact) mass is 274 g/mol. The number of carbonyl (C=O) groups is 2. The van der Waals surface area contributed by atoms with Crippen molar-refractivity contribution < 1.29 is 14.0 Å². The molecule has 2 amide bonds. The van der Waals surface area contributed by atoms with E-state index in [4.69, 9.17) is 10.2 Å². The standard InChI is InChI=1S/C15H18N2O3/c1-9-4-5-11-10(6-9)7-12(20-11)13(18)17-8-15(2,3)14(16)19/h4-7H,8H2,1-3H3,(H2,16,19)(H,17,18). The maximum Gasteiger partial charge on any atom is 0.287 e. The lowest BCUT2D eigenvalue weighted by atomic mass is 9.93. The zero-order valence-corrected chi connectivity index (χ0v) is 11.8. The van der Waals surface area contributed by atoms with Crippen LogP contribution < -0.4 is 11.1 Å². The van der Waals surface area contributed by atoms with Crippen LogP contribution in [0.2, 0.25) is 0 Å². The van der Waals surface area contributed by atoms with E-state index in [2.05, 4.69) is 5.32 Å². The second kappa shape index (κ2) is 5.00. The summed E-state index contributed by atoms with van der Waals surface area (Å²) in [5.41, 5.74) is 6.23. The molecule has 20 heavy (non-hydrogen) atoms. The second-order valence-electron chi connectivity index (χ2n) is 5.58. The summed E-state index contributed by atoms with van der Waals surface area (Å²) in [6.07, 6.45) is 0. The van der Waals surface area contributed by atoms with Gasteiger partial charge in [-0.15, -0.1) is 0 Å². The van der Waals surface area contributed by atoms with Crippen LogP contribution in [-0.4, -0.2) is 18.4 Å². The van der Waals surface area contributed by atoms with Gasteiger partial charge in [-0.05, 0) is 39.0 Å². The summed E-state index contributed by atoms with van der Waals surface area (Å²) in [4.78, 5) is 23.2. The van der Waals surface area contributed by atoms with Crippen LogP contribution in [0.1, 0.15) is 30.0 Å². The van der Waals surface area contributed by atoms with Crippen LogP contribution >= 0.6 is 0 Å². The molecule has 5 heteroatoms. The molecule has 2 aromatic rings. The van der Waals surface area contributed by atoms with Crippen molar-refractivity contribution in [2.75, 3.05) is 6.54 Å². The first kappa shape index (κ1) is 14.1. The Balaban J connectivity index is 2.14. The maximum absolute atomic E-state index is 12.0. The first-order chi connectivity index (χ1) is 9.29. The summed E-state index contributed by atoms with van der Waals surface area (Å²) < 4.78 is 5.48. The molecule has 0 saturated heterocycles. The number of rotatable bonds is 4. The minimum atomic E-state index is -0.793. The third kappa shape index (κ3) is 2.82. The number of amides is 2. The Labute approximate surface area is 117 Å². The molecule has 0 aliphatic heterocycles. The van der Waals surface area contributed by atoms with E-state index in [9.17, 15) is 9.59 Å². The topological polar surface area (TPSA) is 85.3 Å². The van der Waals surface area contributed by atoms with E-state index in [1.54, 1.807) is 19.9 Å². The highest BCUT2D eigenvalue weighted by molar-refractivity contribution is 5.96. The molecule has 1 aromatic heterocycles. The zero-order valence-electron chi connectivity index (χ0n) is 11.8. The Hall–Kier alpha value is -2.30. The summed E-state index contributed by atoms with van der Waals surface area (Å²) in [6, 6.07) is 7.39. The van der Waals surface area contributed by atoms with E-state index in [1.165, 1.54) is 0 Å². The molecule has 0 aliphatic carbocycles. The number of hydrogen-bond donors (Lipinski definition) is 2. The largest absolute Gasteiger partial charge is 0.451 e. The highest BCUT2D eigenvalue weighted by Gasteiger charge is 2.26. The molecule has 0 bridgehead atoms. The van der Waals surface area contributed by atoms with E-state index < -0.39 is 11.3 Å². The fourth-order valence-electron chi connectivity index (χ4n) is 1.75. The Kier molecular flexibility index (Phi) is 3.53. The predicted molar refractivity (Wildman–Crippen MR) is 76.3 cm³/mol. The molecule has 0 fully saturated rings. The van der Waals surface area contributed by atoms with Crippen molar-refractivity contribution in [1.82, 2.24) is 5.32 Å². The van der Waals surface area contributed by atoms with Crippen molar-refractivity contribution in [3.8, 4) is 0 Å². The average molecular weight is 274 g/mol. The van der Waals surface area contributed by atoms with Crippen molar-refractivity contribution >= 4 is 22.8 Å². The molecular weight excluding hydrogens is 256 g/mol. The molecule has 0 spiro atoms. The fraction of sp³-hybridized carbons (Fsp3) is 0.333. The molecule has 106 valence electrons. The summed E-state index contributed by atoms with van der Waals surface area (Å²) >= 11 is 0. The van der Waals surface area contributed by atoms with Crippen LogP contribution in [0.3, 0.4) is 0 Å². The van der Waals surface area contributed by atoms with Gasteiger partial charge in [0.1, 0.15) is 5.58 Å². The number of aryl methyl sites for hydroxylation is 1. The van der Waals surface area contributed by atoms with Crippen molar-refractivity contribution in [3.63, 3.8) is 0 Å². The van der Waals surface area contributed by atoms with Crippen LogP contribution in [0.15, 0.2) is 28.7 Å². The molecule has 0 saturated carbocycles.